The Morgan fingerprint density at radius 3 is 2.14 bits per heavy atom. The Morgan fingerprint density at radius 1 is 0.797 bits per heavy atom. The third-order valence-electron chi connectivity index (χ3n) is 13.5. The zero-order valence-electron chi connectivity index (χ0n) is 32.8. The van der Waals surface area contributed by atoms with E-state index in [0.717, 1.165) is 55.2 Å². The number of benzene rings is 3. The molecule has 6 heterocycles. The second kappa shape index (κ2) is 14.7. The average molecular weight is 814 g/mol. The molecular weight excluding hydrogens is 770 g/mol. The van der Waals surface area contributed by atoms with Crippen molar-refractivity contribution in [3.05, 3.63) is 87.9 Å². The fourth-order valence-corrected chi connectivity index (χ4v) is 10.4. The second-order valence-corrected chi connectivity index (χ2v) is 17.4. The number of amides is 5. The number of nitrogens with one attached hydrogen (secondary N) is 1. The van der Waals surface area contributed by atoms with Crippen molar-refractivity contribution in [3.63, 3.8) is 0 Å². The highest BCUT2D eigenvalue weighted by Crippen LogP contribution is 2.46. The summed E-state index contributed by atoms with van der Waals surface area (Å²) in [7, 11) is 0. The zero-order valence-corrected chi connectivity index (χ0v) is 33.6. The van der Waals surface area contributed by atoms with E-state index < -0.39 is 35.2 Å². The summed E-state index contributed by atoms with van der Waals surface area (Å²) < 4.78 is 0. The smallest absolute Gasteiger partial charge is 0.262 e. The number of rotatable bonds is 6. The minimum atomic E-state index is -1.03. The lowest BCUT2D eigenvalue weighted by molar-refractivity contribution is -0.136. The van der Waals surface area contributed by atoms with Crippen molar-refractivity contribution in [3.8, 4) is 12.1 Å². The molecule has 0 aliphatic carbocycles. The molecule has 2 unspecified atom stereocenters. The molecule has 6 aliphatic heterocycles. The van der Waals surface area contributed by atoms with Gasteiger partial charge in [-0.3, -0.25) is 39.1 Å². The van der Waals surface area contributed by atoms with Gasteiger partial charge in [0.05, 0.1) is 40.9 Å². The molecule has 59 heavy (non-hydrogen) atoms. The first-order valence-electron chi connectivity index (χ1n) is 20.3. The van der Waals surface area contributed by atoms with Gasteiger partial charge in [-0.2, -0.15) is 10.5 Å². The monoisotopic (exact) mass is 813 g/mol. The average Bonchev–Trinajstić information content (AvgIpc) is 3.68. The Bertz CT molecular complexity index is 2350. The Kier molecular flexibility index (Phi) is 9.60. The number of hydrogen-bond donors (Lipinski definition) is 1. The van der Waals surface area contributed by atoms with E-state index in [1.807, 2.05) is 46.2 Å². The number of piperidine rings is 2. The van der Waals surface area contributed by atoms with Gasteiger partial charge in [-0.05, 0) is 98.7 Å². The van der Waals surface area contributed by atoms with Crippen LogP contribution in [0.5, 0.6) is 0 Å². The number of carbonyl (C=O) groups excluding carboxylic acids is 5. The minimum Gasteiger partial charge on any atom is -0.371 e. The van der Waals surface area contributed by atoms with Crippen molar-refractivity contribution in [1.29, 1.82) is 10.5 Å². The van der Waals surface area contributed by atoms with Gasteiger partial charge >= 0.3 is 0 Å². The van der Waals surface area contributed by atoms with Crippen molar-refractivity contribution in [2.75, 3.05) is 73.6 Å². The summed E-state index contributed by atoms with van der Waals surface area (Å²) in [5, 5.41) is 22.4. The maximum Gasteiger partial charge on any atom is 0.262 e. The van der Waals surface area contributed by atoms with E-state index in [-0.39, 0.29) is 35.3 Å². The number of carbonyl (C=O) groups is 5. The lowest BCUT2D eigenvalue weighted by Gasteiger charge is -2.54. The molecule has 5 amide bonds. The first-order valence-corrected chi connectivity index (χ1v) is 20.7. The molecule has 5 fully saturated rings. The molecule has 15 heteroatoms. The molecule has 1 spiro atoms. The highest BCUT2D eigenvalue weighted by molar-refractivity contribution is 6.32. The Labute approximate surface area is 347 Å². The summed E-state index contributed by atoms with van der Waals surface area (Å²) in [6.45, 7) is 8.00. The van der Waals surface area contributed by atoms with Gasteiger partial charge in [0.1, 0.15) is 17.6 Å². The predicted molar refractivity (Wildman–Crippen MR) is 219 cm³/mol. The molecule has 3 aromatic rings. The highest BCUT2D eigenvalue weighted by Gasteiger charge is 2.51. The largest absolute Gasteiger partial charge is 0.371 e. The van der Waals surface area contributed by atoms with Crippen LogP contribution in [0.25, 0.3) is 0 Å². The molecule has 0 saturated carbocycles. The first kappa shape index (κ1) is 38.6. The van der Waals surface area contributed by atoms with Crippen LogP contribution in [0.4, 0.5) is 17.1 Å². The molecule has 14 nitrogen and oxygen atoms in total. The number of fused-ring (bicyclic) bond motifs is 1. The summed E-state index contributed by atoms with van der Waals surface area (Å²) in [5.41, 5.74) is 3.90. The molecule has 0 radical (unpaired) electrons. The Morgan fingerprint density at radius 2 is 1.47 bits per heavy atom. The van der Waals surface area contributed by atoms with E-state index in [4.69, 9.17) is 11.6 Å². The van der Waals surface area contributed by atoms with Crippen molar-refractivity contribution in [1.82, 2.24) is 20.0 Å². The van der Waals surface area contributed by atoms with Crippen LogP contribution < -0.4 is 20.0 Å². The highest BCUT2D eigenvalue weighted by atomic mass is 35.5. The Hall–Kier alpha value is -5.96. The third-order valence-corrected chi connectivity index (χ3v) is 13.9. The minimum absolute atomic E-state index is 0.0262. The standard InChI is InChI=1S/C44H44ClN9O5/c1-28-22-43(25-53(28)33-7-4-30(23-46)36(45)21-33)12-14-49(15-13-43)31-5-2-29(3-6-31)40(57)50-16-18-52(19-17-50)44(24-47)26-51(27-44)32-8-9-34-35(20-32)42(59)54(41(34)58)37-10-11-38(55)48-39(37)56/h2-9,20-21,28,37H,10-19,22,25-27H2,1H3,(H,48,55,56). The molecule has 9 rings (SSSR count). The predicted octanol–water partition coefficient (Wildman–Crippen LogP) is 4.04. The van der Waals surface area contributed by atoms with Crippen LogP contribution in [0.15, 0.2) is 60.7 Å². The fourth-order valence-electron chi connectivity index (χ4n) is 10.1. The van der Waals surface area contributed by atoms with Crippen LogP contribution in [0, 0.1) is 28.1 Å². The normalized spacial score (nSPS) is 23.8. The third kappa shape index (κ3) is 6.64. The van der Waals surface area contributed by atoms with Crippen LogP contribution >= 0.6 is 11.6 Å². The Balaban J connectivity index is 0.767. The molecule has 302 valence electrons. The topological polar surface area (TPSA) is 164 Å². The lowest BCUT2D eigenvalue weighted by Crippen LogP contribution is -2.72. The van der Waals surface area contributed by atoms with Gasteiger partial charge < -0.3 is 19.6 Å². The quantitative estimate of drug-likeness (QED) is 0.358. The summed E-state index contributed by atoms with van der Waals surface area (Å²) in [6, 6.07) is 22.6. The number of imide groups is 2. The number of hydrogen-bond acceptors (Lipinski definition) is 11. The first-order chi connectivity index (χ1) is 28.4. The van der Waals surface area contributed by atoms with E-state index in [9.17, 15) is 34.5 Å². The summed E-state index contributed by atoms with van der Waals surface area (Å²) in [4.78, 5) is 76.0. The molecule has 6 aliphatic rings. The number of nitrogens with zero attached hydrogens (tertiary/aromatic N) is 8. The second-order valence-electron chi connectivity index (χ2n) is 16.9. The van der Waals surface area contributed by atoms with Crippen LogP contribution in [-0.4, -0.2) is 121 Å². The van der Waals surface area contributed by atoms with Gasteiger partial charge in [-0.15, -0.1) is 0 Å². The molecule has 0 aromatic heterocycles. The molecular formula is C44H44ClN9O5. The van der Waals surface area contributed by atoms with Crippen LogP contribution in [0.2, 0.25) is 5.02 Å². The van der Waals surface area contributed by atoms with Crippen molar-refractivity contribution in [2.24, 2.45) is 5.41 Å². The van der Waals surface area contributed by atoms with Gasteiger partial charge in [-0.25, -0.2) is 0 Å². The van der Waals surface area contributed by atoms with Crippen molar-refractivity contribution < 1.29 is 24.0 Å². The molecule has 3 aromatic carbocycles. The molecule has 5 saturated heterocycles. The summed E-state index contributed by atoms with van der Waals surface area (Å²) in [5.74, 6) is -2.23. The maximum atomic E-state index is 13.6. The van der Waals surface area contributed by atoms with E-state index in [1.165, 1.54) is 0 Å². The van der Waals surface area contributed by atoms with Gasteiger partial charge in [0.25, 0.3) is 17.7 Å². The van der Waals surface area contributed by atoms with Gasteiger partial charge in [-0.1, -0.05) is 11.6 Å². The van der Waals surface area contributed by atoms with Crippen LogP contribution in [-0.2, 0) is 9.59 Å². The number of piperazine rings is 1. The fraction of sp³-hybridized carbons (Fsp3) is 0.432. The molecule has 0 bridgehead atoms. The van der Waals surface area contributed by atoms with E-state index in [2.05, 4.69) is 39.1 Å². The van der Waals surface area contributed by atoms with Gasteiger partial charge in [0, 0.05) is 80.9 Å². The van der Waals surface area contributed by atoms with Crippen LogP contribution in [0.3, 0.4) is 0 Å². The van der Waals surface area contributed by atoms with Crippen molar-refractivity contribution >= 4 is 58.2 Å². The summed E-state index contributed by atoms with van der Waals surface area (Å²) >= 11 is 6.37. The molecule has 2 atom stereocenters. The lowest BCUT2D eigenvalue weighted by atomic mass is 9.76. The maximum absolute atomic E-state index is 13.6. The number of halogens is 1. The van der Waals surface area contributed by atoms with E-state index >= 15 is 0 Å². The number of nitriles is 2. The number of anilines is 3. The van der Waals surface area contributed by atoms with E-state index in [1.54, 1.807) is 24.3 Å². The van der Waals surface area contributed by atoms with Crippen LogP contribution in [0.1, 0.15) is 75.7 Å². The SMILES string of the molecule is CC1CC2(CCN(c3ccc(C(=O)N4CCN(C5(C#N)CN(c6ccc7c(c6)C(=O)N(C6CCC(=O)NC6=O)C7=O)C5)CC4)cc3)CC2)CN1c1ccc(C#N)c(Cl)c1. The molecule has 1 N–H and O–H groups in total. The zero-order chi connectivity index (χ0) is 41.2. The van der Waals surface area contributed by atoms with Crippen molar-refractivity contribution in [2.45, 2.75) is 56.7 Å². The van der Waals surface area contributed by atoms with E-state index in [0.29, 0.717) is 67.1 Å². The van der Waals surface area contributed by atoms with Gasteiger partial charge in [0.15, 0.2) is 0 Å². The van der Waals surface area contributed by atoms with Gasteiger partial charge in [0.2, 0.25) is 11.8 Å². The summed E-state index contributed by atoms with van der Waals surface area (Å²) in [6.07, 6.45) is 3.40.